The Morgan fingerprint density at radius 1 is 1.12 bits per heavy atom. The second-order valence-electron chi connectivity index (χ2n) is 5.73. The van der Waals surface area contributed by atoms with Crippen molar-refractivity contribution in [1.82, 2.24) is 4.90 Å². The maximum absolute atomic E-state index is 3.94. The molecule has 0 aliphatic rings. The number of allylic oxidation sites excluding steroid dienone is 1. The van der Waals surface area contributed by atoms with Crippen LogP contribution in [0.15, 0.2) is 23.9 Å². The van der Waals surface area contributed by atoms with Crippen LogP contribution in [0.5, 0.6) is 0 Å². The van der Waals surface area contributed by atoms with Crippen LogP contribution < -0.4 is 0 Å². The highest BCUT2D eigenvalue weighted by atomic mass is 15.2. The molecule has 0 aromatic rings. The molecule has 0 saturated carbocycles. The molecule has 0 spiro atoms. The Kier molecular flexibility index (Phi) is 5.51. The molecule has 0 aromatic heterocycles. The van der Waals surface area contributed by atoms with E-state index in [1.54, 1.807) is 0 Å². The normalized spacial score (nSPS) is 17.9. The minimum Gasteiger partial charge on any atom is -0.375 e. The molecule has 1 heteroatoms. The van der Waals surface area contributed by atoms with Gasteiger partial charge in [-0.05, 0) is 46.7 Å². The van der Waals surface area contributed by atoms with E-state index in [1.165, 1.54) is 11.1 Å². The Morgan fingerprint density at radius 2 is 1.59 bits per heavy atom. The van der Waals surface area contributed by atoms with Crippen LogP contribution in [0.1, 0.15) is 61.3 Å². The van der Waals surface area contributed by atoms with E-state index in [1.807, 2.05) is 6.20 Å². The quantitative estimate of drug-likeness (QED) is 0.587. The third kappa shape index (κ3) is 2.59. The molecule has 0 N–H and O–H groups in total. The van der Waals surface area contributed by atoms with E-state index >= 15 is 0 Å². The topological polar surface area (TPSA) is 3.24 Å². The third-order valence-corrected chi connectivity index (χ3v) is 5.21. The summed E-state index contributed by atoms with van der Waals surface area (Å²) in [6, 6.07) is 0. The zero-order chi connectivity index (χ0) is 13.9. The van der Waals surface area contributed by atoms with Crippen LogP contribution in [-0.2, 0) is 0 Å². The minimum absolute atomic E-state index is 0.116. The van der Waals surface area contributed by atoms with Gasteiger partial charge in [0.05, 0.1) is 0 Å². The SMILES string of the molecule is C=CN(C)C(C)(CC)C(C)(CC)C(C)=C(C)C. The zero-order valence-electron chi connectivity index (χ0n) is 13.1. The molecular formula is C16H31N. The maximum atomic E-state index is 3.94. The van der Waals surface area contributed by atoms with E-state index in [0.29, 0.717) is 0 Å². The van der Waals surface area contributed by atoms with Crippen LogP contribution in [0.2, 0.25) is 0 Å². The van der Waals surface area contributed by atoms with E-state index in [9.17, 15) is 0 Å². The molecule has 1 nitrogen and oxygen atoms in total. The van der Waals surface area contributed by atoms with Crippen LogP contribution in [0, 0.1) is 5.41 Å². The van der Waals surface area contributed by atoms with Gasteiger partial charge in [0.2, 0.25) is 0 Å². The van der Waals surface area contributed by atoms with Gasteiger partial charge in [-0.1, -0.05) is 38.5 Å². The molecule has 0 heterocycles. The van der Waals surface area contributed by atoms with Crippen molar-refractivity contribution in [3.63, 3.8) is 0 Å². The summed E-state index contributed by atoms with van der Waals surface area (Å²) in [5.74, 6) is 0. The lowest BCUT2D eigenvalue weighted by molar-refractivity contribution is 0.0543. The average molecular weight is 237 g/mol. The van der Waals surface area contributed by atoms with Gasteiger partial charge < -0.3 is 4.90 Å². The molecule has 0 aliphatic heterocycles. The fourth-order valence-electron chi connectivity index (χ4n) is 2.83. The van der Waals surface area contributed by atoms with E-state index in [-0.39, 0.29) is 11.0 Å². The molecule has 17 heavy (non-hydrogen) atoms. The van der Waals surface area contributed by atoms with Gasteiger partial charge in [0.15, 0.2) is 0 Å². The molecular weight excluding hydrogens is 206 g/mol. The van der Waals surface area contributed by atoms with Crippen molar-refractivity contribution in [2.75, 3.05) is 7.05 Å². The molecule has 2 unspecified atom stereocenters. The van der Waals surface area contributed by atoms with Gasteiger partial charge in [-0.25, -0.2) is 0 Å². The number of hydrogen-bond acceptors (Lipinski definition) is 1. The van der Waals surface area contributed by atoms with E-state index in [4.69, 9.17) is 0 Å². The number of rotatable bonds is 6. The van der Waals surface area contributed by atoms with Crippen molar-refractivity contribution in [3.8, 4) is 0 Å². The van der Waals surface area contributed by atoms with Gasteiger partial charge in [0.25, 0.3) is 0 Å². The fourth-order valence-corrected chi connectivity index (χ4v) is 2.83. The smallest absolute Gasteiger partial charge is 0.0452 e. The summed E-state index contributed by atoms with van der Waals surface area (Å²) in [4.78, 5) is 2.28. The Balaban J connectivity index is 5.78. The predicted octanol–water partition coefficient (Wildman–Crippen LogP) is 5.00. The Bertz CT molecular complexity index is 299. The molecule has 2 atom stereocenters. The summed E-state index contributed by atoms with van der Waals surface area (Å²) in [6.45, 7) is 19.9. The van der Waals surface area contributed by atoms with Crippen LogP contribution in [0.4, 0.5) is 0 Å². The first-order chi connectivity index (χ1) is 7.71. The maximum Gasteiger partial charge on any atom is 0.0452 e. The molecule has 0 radical (unpaired) electrons. The summed E-state index contributed by atoms with van der Waals surface area (Å²) in [7, 11) is 2.14. The first kappa shape index (κ1) is 16.3. The number of nitrogens with zero attached hydrogens (tertiary/aromatic N) is 1. The van der Waals surface area contributed by atoms with Crippen molar-refractivity contribution in [3.05, 3.63) is 23.9 Å². The predicted molar refractivity (Wildman–Crippen MR) is 79.1 cm³/mol. The van der Waals surface area contributed by atoms with Crippen molar-refractivity contribution >= 4 is 0 Å². The fraction of sp³-hybridized carbons (Fsp3) is 0.750. The third-order valence-electron chi connectivity index (χ3n) is 5.21. The molecule has 0 rings (SSSR count). The largest absolute Gasteiger partial charge is 0.375 e. The summed E-state index contributed by atoms with van der Waals surface area (Å²) in [5.41, 5.74) is 3.25. The molecule has 0 aliphatic carbocycles. The van der Waals surface area contributed by atoms with Crippen LogP contribution in [0.3, 0.4) is 0 Å². The van der Waals surface area contributed by atoms with Gasteiger partial charge in [-0.15, -0.1) is 0 Å². The van der Waals surface area contributed by atoms with Crippen molar-refractivity contribution < 1.29 is 0 Å². The lowest BCUT2D eigenvalue weighted by atomic mass is 9.63. The molecule has 100 valence electrons. The van der Waals surface area contributed by atoms with Crippen molar-refractivity contribution in [2.45, 2.75) is 66.8 Å². The van der Waals surface area contributed by atoms with Gasteiger partial charge in [-0.2, -0.15) is 0 Å². The van der Waals surface area contributed by atoms with Crippen LogP contribution >= 0.6 is 0 Å². The zero-order valence-corrected chi connectivity index (χ0v) is 13.1. The highest BCUT2D eigenvalue weighted by Gasteiger charge is 2.45. The standard InChI is InChI=1S/C16H31N/c1-10-15(7,14(6)13(4)5)16(8,11-2)17(9)12-3/h12H,3,10-11H2,1-2,4-9H3. The first-order valence-corrected chi connectivity index (χ1v) is 6.71. The summed E-state index contributed by atoms with van der Waals surface area (Å²) in [6.07, 6.45) is 4.21. The van der Waals surface area contributed by atoms with Gasteiger partial charge in [0, 0.05) is 18.0 Å². The van der Waals surface area contributed by atoms with Crippen LogP contribution in [-0.4, -0.2) is 17.5 Å². The Labute approximate surface area is 109 Å². The highest BCUT2D eigenvalue weighted by Crippen LogP contribution is 2.47. The van der Waals surface area contributed by atoms with E-state index in [2.05, 4.69) is 67.0 Å². The lowest BCUT2D eigenvalue weighted by Gasteiger charge is -2.52. The highest BCUT2D eigenvalue weighted by molar-refractivity contribution is 5.23. The molecule has 0 saturated heterocycles. The lowest BCUT2D eigenvalue weighted by Crippen LogP contribution is -2.53. The monoisotopic (exact) mass is 237 g/mol. The molecule has 0 amide bonds. The number of hydrogen-bond donors (Lipinski definition) is 0. The van der Waals surface area contributed by atoms with Gasteiger partial charge in [0.1, 0.15) is 0 Å². The Morgan fingerprint density at radius 3 is 1.82 bits per heavy atom. The van der Waals surface area contributed by atoms with Gasteiger partial charge in [-0.3, -0.25) is 0 Å². The summed E-state index contributed by atoms with van der Waals surface area (Å²) < 4.78 is 0. The van der Waals surface area contributed by atoms with E-state index in [0.717, 1.165) is 12.8 Å². The summed E-state index contributed by atoms with van der Waals surface area (Å²) >= 11 is 0. The molecule has 0 bridgehead atoms. The second-order valence-corrected chi connectivity index (χ2v) is 5.73. The van der Waals surface area contributed by atoms with Crippen LogP contribution in [0.25, 0.3) is 0 Å². The minimum atomic E-state index is 0.116. The molecule has 0 fully saturated rings. The Hall–Kier alpha value is -0.720. The van der Waals surface area contributed by atoms with E-state index < -0.39 is 0 Å². The first-order valence-electron chi connectivity index (χ1n) is 6.71. The van der Waals surface area contributed by atoms with Crippen molar-refractivity contribution in [1.29, 1.82) is 0 Å². The second kappa shape index (κ2) is 5.75. The van der Waals surface area contributed by atoms with Gasteiger partial charge >= 0.3 is 0 Å². The molecule has 0 aromatic carbocycles. The average Bonchev–Trinajstić information content (AvgIpc) is 2.34. The summed E-state index contributed by atoms with van der Waals surface area (Å²) in [5, 5.41) is 0. The van der Waals surface area contributed by atoms with Crippen molar-refractivity contribution in [2.24, 2.45) is 5.41 Å².